The van der Waals surface area contributed by atoms with E-state index in [1.54, 1.807) is 19.2 Å². The van der Waals surface area contributed by atoms with E-state index in [9.17, 15) is 4.79 Å². The molecular formula is C28H22ClNO3. The Kier molecular flexibility index (Phi) is 5.53. The minimum absolute atomic E-state index is 0.411. The summed E-state index contributed by atoms with van der Waals surface area (Å²) in [7, 11) is 3.05. The predicted octanol–water partition coefficient (Wildman–Crippen LogP) is 6.96. The SMILES string of the molecule is COC(=O)c1cc(Cl)ccc1-c1cccc2c1c1ccccc1n2Cc1ccc(OC)cc1. The lowest BCUT2D eigenvalue weighted by Crippen LogP contribution is -2.04. The number of hydrogen-bond donors (Lipinski definition) is 0. The minimum atomic E-state index is -0.411. The first kappa shape index (κ1) is 21.1. The van der Waals surface area contributed by atoms with E-state index in [1.807, 2.05) is 42.5 Å². The van der Waals surface area contributed by atoms with Crippen LogP contribution in [0.2, 0.25) is 5.02 Å². The lowest BCUT2D eigenvalue weighted by molar-refractivity contribution is 0.0601. The zero-order chi connectivity index (χ0) is 22.9. The van der Waals surface area contributed by atoms with Crippen molar-refractivity contribution < 1.29 is 14.3 Å². The maximum atomic E-state index is 12.6. The minimum Gasteiger partial charge on any atom is -0.497 e. The van der Waals surface area contributed by atoms with E-state index in [4.69, 9.17) is 21.1 Å². The number of para-hydroxylation sites is 1. The summed E-state index contributed by atoms with van der Waals surface area (Å²) in [5.74, 6) is 0.424. The van der Waals surface area contributed by atoms with Gasteiger partial charge in [-0.15, -0.1) is 0 Å². The number of benzene rings is 4. The maximum absolute atomic E-state index is 12.6. The van der Waals surface area contributed by atoms with Gasteiger partial charge in [0.25, 0.3) is 0 Å². The maximum Gasteiger partial charge on any atom is 0.338 e. The fourth-order valence-corrected chi connectivity index (χ4v) is 4.61. The molecule has 0 unspecified atom stereocenters. The number of carbonyl (C=O) groups is 1. The quantitative estimate of drug-likeness (QED) is 0.269. The Bertz CT molecular complexity index is 1490. The lowest BCUT2D eigenvalue weighted by atomic mass is 9.95. The van der Waals surface area contributed by atoms with Crippen molar-refractivity contribution in [2.24, 2.45) is 0 Å². The number of ether oxygens (including phenoxy) is 2. The average molecular weight is 456 g/mol. The highest BCUT2D eigenvalue weighted by Crippen LogP contribution is 2.39. The molecular weight excluding hydrogens is 434 g/mol. The van der Waals surface area contributed by atoms with Crippen LogP contribution in [0.15, 0.2) is 84.9 Å². The number of methoxy groups -OCH3 is 2. The van der Waals surface area contributed by atoms with Gasteiger partial charge in [0.1, 0.15) is 5.75 Å². The van der Waals surface area contributed by atoms with Gasteiger partial charge in [-0.25, -0.2) is 4.79 Å². The van der Waals surface area contributed by atoms with Gasteiger partial charge in [0.05, 0.1) is 25.3 Å². The van der Waals surface area contributed by atoms with Crippen LogP contribution in [0.3, 0.4) is 0 Å². The average Bonchev–Trinajstić information content (AvgIpc) is 3.18. The second-order valence-electron chi connectivity index (χ2n) is 7.83. The Labute approximate surface area is 196 Å². The van der Waals surface area contributed by atoms with Crippen molar-refractivity contribution in [3.05, 3.63) is 101 Å². The van der Waals surface area contributed by atoms with Crippen LogP contribution in [-0.4, -0.2) is 24.8 Å². The van der Waals surface area contributed by atoms with Crippen molar-refractivity contribution in [3.8, 4) is 16.9 Å². The van der Waals surface area contributed by atoms with E-state index in [-0.39, 0.29) is 0 Å². The second kappa shape index (κ2) is 8.64. The van der Waals surface area contributed by atoms with Crippen LogP contribution in [0.4, 0.5) is 0 Å². The van der Waals surface area contributed by atoms with E-state index in [1.165, 1.54) is 12.7 Å². The molecule has 4 nitrogen and oxygen atoms in total. The molecule has 0 amide bonds. The van der Waals surface area contributed by atoms with Gasteiger partial charge in [0.15, 0.2) is 0 Å². The Hall–Kier alpha value is -3.76. The first-order chi connectivity index (χ1) is 16.1. The fraction of sp³-hybridized carbons (Fsp3) is 0.107. The van der Waals surface area contributed by atoms with Gasteiger partial charge >= 0.3 is 5.97 Å². The molecule has 5 aromatic rings. The Balaban J connectivity index is 1.76. The number of hydrogen-bond acceptors (Lipinski definition) is 3. The highest BCUT2D eigenvalue weighted by Gasteiger charge is 2.19. The van der Waals surface area contributed by atoms with Crippen molar-refractivity contribution in [2.45, 2.75) is 6.54 Å². The summed E-state index contributed by atoms with van der Waals surface area (Å²) in [6, 6.07) is 28.0. The zero-order valence-corrected chi connectivity index (χ0v) is 19.1. The largest absolute Gasteiger partial charge is 0.497 e. The summed E-state index contributed by atoms with van der Waals surface area (Å²) >= 11 is 6.21. The van der Waals surface area contributed by atoms with Crippen LogP contribution in [0, 0.1) is 0 Å². The van der Waals surface area contributed by atoms with Gasteiger partial charge in [0.2, 0.25) is 0 Å². The van der Waals surface area contributed by atoms with Crippen molar-refractivity contribution in [1.29, 1.82) is 0 Å². The summed E-state index contributed by atoms with van der Waals surface area (Å²) in [6.45, 7) is 0.710. The van der Waals surface area contributed by atoms with E-state index in [2.05, 4.69) is 34.9 Å². The Morgan fingerprint density at radius 1 is 0.848 bits per heavy atom. The Morgan fingerprint density at radius 2 is 1.61 bits per heavy atom. The molecule has 0 spiro atoms. The monoisotopic (exact) mass is 455 g/mol. The molecule has 33 heavy (non-hydrogen) atoms. The molecule has 0 aliphatic heterocycles. The van der Waals surface area contributed by atoms with E-state index in [0.29, 0.717) is 17.1 Å². The number of aromatic nitrogens is 1. The standard InChI is InChI=1S/C28H22ClNO3/c1-32-20-13-10-18(11-14-20)17-30-25-8-4-3-6-23(25)27-22(7-5-9-26(27)30)21-15-12-19(29)16-24(21)28(31)33-2/h3-16H,17H2,1-2H3. The van der Waals surface area contributed by atoms with Gasteiger partial charge in [-0.2, -0.15) is 0 Å². The molecule has 0 N–H and O–H groups in total. The summed E-state index contributed by atoms with van der Waals surface area (Å²) in [5.41, 5.74) is 5.60. The normalized spacial score (nSPS) is 11.1. The highest BCUT2D eigenvalue weighted by molar-refractivity contribution is 6.31. The summed E-state index contributed by atoms with van der Waals surface area (Å²) in [6.07, 6.45) is 0. The third kappa shape index (κ3) is 3.73. The first-order valence-electron chi connectivity index (χ1n) is 10.6. The van der Waals surface area contributed by atoms with Gasteiger partial charge in [-0.05, 0) is 53.1 Å². The van der Waals surface area contributed by atoms with E-state index < -0.39 is 5.97 Å². The third-order valence-corrected chi connectivity index (χ3v) is 6.21. The molecule has 4 aromatic carbocycles. The number of fused-ring (bicyclic) bond motifs is 3. The first-order valence-corrected chi connectivity index (χ1v) is 11.0. The molecule has 5 heteroatoms. The van der Waals surface area contributed by atoms with Crippen LogP contribution in [0.25, 0.3) is 32.9 Å². The van der Waals surface area contributed by atoms with Crippen LogP contribution < -0.4 is 4.74 Å². The summed E-state index contributed by atoms with van der Waals surface area (Å²) in [5, 5.41) is 2.71. The molecule has 0 aliphatic carbocycles. The number of carbonyl (C=O) groups excluding carboxylic acids is 1. The topological polar surface area (TPSA) is 40.5 Å². The molecule has 0 aliphatic rings. The molecule has 0 radical (unpaired) electrons. The van der Waals surface area contributed by atoms with E-state index >= 15 is 0 Å². The molecule has 1 heterocycles. The molecule has 5 rings (SSSR count). The molecule has 0 fully saturated rings. The molecule has 0 saturated carbocycles. The van der Waals surface area contributed by atoms with Gasteiger partial charge in [0, 0.05) is 27.9 Å². The smallest absolute Gasteiger partial charge is 0.338 e. The van der Waals surface area contributed by atoms with Crippen LogP contribution >= 0.6 is 11.6 Å². The van der Waals surface area contributed by atoms with Gasteiger partial charge in [-0.3, -0.25) is 0 Å². The van der Waals surface area contributed by atoms with E-state index in [0.717, 1.165) is 38.7 Å². The molecule has 0 bridgehead atoms. The van der Waals surface area contributed by atoms with Gasteiger partial charge in [-0.1, -0.05) is 60.1 Å². The zero-order valence-electron chi connectivity index (χ0n) is 18.3. The van der Waals surface area contributed by atoms with Crippen molar-refractivity contribution in [2.75, 3.05) is 14.2 Å². The number of nitrogens with zero attached hydrogens (tertiary/aromatic N) is 1. The predicted molar refractivity (Wildman–Crippen MR) is 133 cm³/mol. The molecule has 0 saturated heterocycles. The number of halogens is 1. The molecule has 164 valence electrons. The second-order valence-corrected chi connectivity index (χ2v) is 8.27. The van der Waals surface area contributed by atoms with Crippen molar-refractivity contribution in [1.82, 2.24) is 4.57 Å². The highest BCUT2D eigenvalue weighted by atomic mass is 35.5. The van der Waals surface area contributed by atoms with Crippen molar-refractivity contribution in [3.63, 3.8) is 0 Å². The third-order valence-electron chi connectivity index (χ3n) is 5.97. The van der Waals surface area contributed by atoms with Crippen molar-refractivity contribution >= 4 is 39.4 Å². The fourth-order valence-electron chi connectivity index (χ4n) is 4.44. The number of rotatable bonds is 5. The van der Waals surface area contributed by atoms with Gasteiger partial charge < -0.3 is 14.0 Å². The summed E-state index contributed by atoms with van der Waals surface area (Å²) < 4.78 is 12.7. The summed E-state index contributed by atoms with van der Waals surface area (Å²) in [4.78, 5) is 12.6. The van der Waals surface area contributed by atoms with Crippen LogP contribution in [0.1, 0.15) is 15.9 Å². The number of esters is 1. The molecule has 0 atom stereocenters. The molecule has 1 aromatic heterocycles. The Morgan fingerprint density at radius 3 is 2.36 bits per heavy atom. The van der Waals surface area contributed by atoms with Crippen LogP contribution in [0.5, 0.6) is 5.75 Å². The van der Waals surface area contributed by atoms with Crippen LogP contribution in [-0.2, 0) is 11.3 Å². The lowest BCUT2D eigenvalue weighted by Gasteiger charge is -2.12.